The molecule has 0 rings (SSSR count). The Labute approximate surface area is 380 Å². The highest BCUT2D eigenvalue weighted by atomic mass is 16.6. The molecule has 0 N–H and O–H groups in total. The van der Waals surface area contributed by atoms with Crippen molar-refractivity contribution in [1.29, 1.82) is 0 Å². The van der Waals surface area contributed by atoms with Gasteiger partial charge in [0.25, 0.3) is 0 Å². The number of ether oxygens (including phenoxy) is 3. The molecule has 0 spiro atoms. The van der Waals surface area contributed by atoms with E-state index < -0.39 is 6.10 Å². The van der Waals surface area contributed by atoms with Gasteiger partial charge in [-0.1, -0.05) is 272 Å². The van der Waals surface area contributed by atoms with Crippen molar-refractivity contribution in [2.75, 3.05) is 13.2 Å². The minimum Gasteiger partial charge on any atom is -0.462 e. The van der Waals surface area contributed by atoms with Crippen molar-refractivity contribution in [3.63, 3.8) is 0 Å². The molecule has 1 atom stereocenters. The van der Waals surface area contributed by atoms with Gasteiger partial charge in [0.15, 0.2) is 6.10 Å². The summed E-state index contributed by atoms with van der Waals surface area (Å²) in [4.78, 5) is 38.0. The van der Waals surface area contributed by atoms with Crippen LogP contribution in [0.15, 0.2) is 0 Å². The Morgan fingerprint density at radius 2 is 0.541 bits per heavy atom. The molecule has 61 heavy (non-hydrogen) atoms. The maximum atomic E-state index is 12.8. The smallest absolute Gasteiger partial charge is 0.306 e. The molecule has 362 valence electrons. The van der Waals surface area contributed by atoms with Crippen molar-refractivity contribution in [2.24, 2.45) is 5.92 Å². The van der Waals surface area contributed by atoms with Crippen molar-refractivity contribution in [1.82, 2.24) is 0 Å². The molecule has 6 heteroatoms. The summed E-state index contributed by atoms with van der Waals surface area (Å²) >= 11 is 0. The highest BCUT2D eigenvalue weighted by Gasteiger charge is 2.19. The van der Waals surface area contributed by atoms with E-state index in [2.05, 4.69) is 27.7 Å². The third kappa shape index (κ3) is 49.3. The lowest BCUT2D eigenvalue weighted by molar-refractivity contribution is -0.167. The number of esters is 3. The van der Waals surface area contributed by atoms with Gasteiger partial charge in [0.2, 0.25) is 0 Å². The van der Waals surface area contributed by atoms with E-state index in [0.29, 0.717) is 19.3 Å². The molecule has 0 aromatic heterocycles. The summed E-state index contributed by atoms with van der Waals surface area (Å²) in [7, 11) is 0. The number of rotatable bonds is 50. The Hall–Kier alpha value is -1.59. The summed E-state index contributed by atoms with van der Waals surface area (Å²) in [5.41, 5.74) is 0. The predicted octanol–water partition coefficient (Wildman–Crippen LogP) is 17.8. The standard InChI is InChI=1S/C55H106O6/c1-5-7-9-11-13-15-17-19-20-21-22-24-26-32-36-40-44-48-55(58)61-52(49-59-53(56)46-42-38-34-30-25-23-18-16-14-12-10-8-6-2)50-60-54(57)47-43-39-35-31-28-27-29-33-37-41-45-51(3)4/h51-52H,5-50H2,1-4H3/t52-/m1/s1. The van der Waals surface area contributed by atoms with E-state index in [1.807, 2.05) is 0 Å². The third-order valence-corrected chi connectivity index (χ3v) is 12.5. The molecule has 0 fully saturated rings. The van der Waals surface area contributed by atoms with Gasteiger partial charge >= 0.3 is 17.9 Å². The summed E-state index contributed by atoms with van der Waals surface area (Å²) in [5.74, 6) is -0.0218. The fraction of sp³-hybridized carbons (Fsp3) is 0.945. The molecule has 0 saturated carbocycles. The molecule has 0 unspecified atom stereocenters. The van der Waals surface area contributed by atoms with E-state index in [4.69, 9.17) is 14.2 Å². The fourth-order valence-corrected chi connectivity index (χ4v) is 8.39. The van der Waals surface area contributed by atoms with Crippen molar-refractivity contribution in [3.05, 3.63) is 0 Å². The Kier molecular flexibility index (Phi) is 48.1. The molecule has 0 bridgehead atoms. The highest BCUT2D eigenvalue weighted by molar-refractivity contribution is 5.71. The van der Waals surface area contributed by atoms with E-state index in [-0.39, 0.29) is 31.1 Å². The summed E-state index contributed by atoms with van der Waals surface area (Å²) in [6.07, 6.45) is 52.3. The first-order chi connectivity index (χ1) is 29.9. The maximum absolute atomic E-state index is 12.8. The fourth-order valence-electron chi connectivity index (χ4n) is 8.39. The lowest BCUT2D eigenvalue weighted by atomic mass is 10.0. The van der Waals surface area contributed by atoms with Crippen LogP contribution in [0.1, 0.15) is 310 Å². The SMILES string of the molecule is CCCCCCCCCCCCCCCCCCCC(=O)O[C@H](COC(=O)CCCCCCCCCCCCCCC)COC(=O)CCCCCCCCCCCCC(C)C. The van der Waals surface area contributed by atoms with E-state index in [9.17, 15) is 14.4 Å². The minimum atomic E-state index is -0.761. The zero-order valence-corrected chi connectivity index (χ0v) is 41.6. The molecule has 0 amide bonds. The third-order valence-electron chi connectivity index (χ3n) is 12.5. The predicted molar refractivity (Wildman–Crippen MR) is 261 cm³/mol. The molecule has 0 radical (unpaired) electrons. The van der Waals surface area contributed by atoms with Crippen LogP contribution in [0.2, 0.25) is 0 Å². The van der Waals surface area contributed by atoms with Gasteiger partial charge < -0.3 is 14.2 Å². The first-order valence-corrected chi connectivity index (χ1v) is 27.4. The van der Waals surface area contributed by atoms with Crippen LogP contribution in [0.25, 0.3) is 0 Å². The Morgan fingerprint density at radius 3 is 0.803 bits per heavy atom. The van der Waals surface area contributed by atoms with Crippen LogP contribution in [-0.4, -0.2) is 37.2 Å². The van der Waals surface area contributed by atoms with Gasteiger partial charge in [-0.15, -0.1) is 0 Å². The van der Waals surface area contributed by atoms with Gasteiger partial charge in [-0.05, 0) is 25.2 Å². The molecular formula is C55H106O6. The highest BCUT2D eigenvalue weighted by Crippen LogP contribution is 2.17. The van der Waals surface area contributed by atoms with Gasteiger partial charge in [0, 0.05) is 19.3 Å². The zero-order valence-electron chi connectivity index (χ0n) is 41.6. The summed E-state index contributed by atoms with van der Waals surface area (Å²) in [6.45, 7) is 9.03. The van der Waals surface area contributed by atoms with Gasteiger partial charge in [0.05, 0.1) is 0 Å². The molecule has 6 nitrogen and oxygen atoms in total. The monoisotopic (exact) mass is 863 g/mol. The Morgan fingerprint density at radius 1 is 0.311 bits per heavy atom. The van der Waals surface area contributed by atoms with Crippen LogP contribution in [0.4, 0.5) is 0 Å². The average molecular weight is 863 g/mol. The van der Waals surface area contributed by atoms with Gasteiger partial charge in [-0.2, -0.15) is 0 Å². The van der Waals surface area contributed by atoms with Crippen molar-refractivity contribution in [2.45, 2.75) is 316 Å². The molecule has 0 aromatic rings. The summed E-state index contributed by atoms with van der Waals surface area (Å²) in [5, 5.41) is 0. The molecule has 0 aliphatic carbocycles. The van der Waals surface area contributed by atoms with E-state index in [1.54, 1.807) is 0 Å². The maximum Gasteiger partial charge on any atom is 0.306 e. The van der Waals surface area contributed by atoms with Gasteiger partial charge in [-0.3, -0.25) is 14.4 Å². The van der Waals surface area contributed by atoms with Crippen LogP contribution < -0.4 is 0 Å². The van der Waals surface area contributed by atoms with Crippen LogP contribution >= 0.6 is 0 Å². The zero-order chi connectivity index (χ0) is 44.5. The lowest BCUT2D eigenvalue weighted by Gasteiger charge is -2.18. The molecule has 0 saturated heterocycles. The van der Waals surface area contributed by atoms with Crippen molar-refractivity contribution >= 4 is 17.9 Å². The molecule has 0 aromatic carbocycles. The van der Waals surface area contributed by atoms with Crippen molar-refractivity contribution < 1.29 is 28.6 Å². The van der Waals surface area contributed by atoms with Crippen molar-refractivity contribution in [3.8, 4) is 0 Å². The topological polar surface area (TPSA) is 78.9 Å². The second kappa shape index (κ2) is 49.4. The van der Waals surface area contributed by atoms with Crippen LogP contribution in [0, 0.1) is 5.92 Å². The molecule has 0 aliphatic heterocycles. The van der Waals surface area contributed by atoms with Crippen LogP contribution in [0.3, 0.4) is 0 Å². The number of unbranched alkanes of at least 4 members (excludes halogenated alkanes) is 37. The number of carbonyl (C=O) groups is 3. The second-order valence-corrected chi connectivity index (χ2v) is 19.3. The second-order valence-electron chi connectivity index (χ2n) is 19.3. The lowest BCUT2D eigenvalue weighted by Crippen LogP contribution is -2.30. The quantitative estimate of drug-likeness (QED) is 0.0344. The summed E-state index contributed by atoms with van der Waals surface area (Å²) in [6, 6.07) is 0. The van der Waals surface area contributed by atoms with Gasteiger partial charge in [0.1, 0.15) is 13.2 Å². The van der Waals surface area contributed by atoms with E-state index in [0.717, 1.165) is 63.7 Å². The number of hydrogen-bond acceptors (Lipinski definition) is 6. The average Bonchev–Trinajstić information content (AvgIpc) is 3.24. The molecule has 0 heterocycles. The molecular weight excluding hydrogens is 757 g/mol. The Bertz CT molecular complexity index is 918. The van der Waals surface area contributed by atoms with Gasteiger partial charge in [-0.25, -0.2) is 0 Å². The summed E-state index contributed by atoms with van der Waals surface area (Å²) < 4.78 is 16.8. The van der Waals surface area contributed by atoms with Crippen LogP contribution in [-0.2, 0) is 28.6 Å². The first-order valence-electron chi connectivity index (χ1n) is 27.4. The Balaban J connectivity index is 4.30. The first kappa shape index (κ1) is 59.4. The number of carbonyl (C=O) groups excluding carboxylic acids is 3. The number of hydrogen-bond donors (Lipinski definition) is 0. The van der Waals surface area contributed by atoms with Crippen LogP contribution in [0.5, 0.6) is 0 Å². The largest absolute Gasteiger partial charge is 0.462 e. The van der Waals surface area contributed by atoms with E-state index in [1.165, 1.54) is 205 Å². The molecule has 0 aliphatic rings. The minimum absolute atomic E-state index is 0.0624. The normalized spacial score (nSPS) is 12.0. The van der Waals surface area contributed by atoms with E-state index >= 15 is 0 Å².